The average molecular weight is 276 g/mol. The van der Waals surface area contributed by atoms with Crippen molar-refractivity contribution in [1.82, 2.24) is 0 Å². The van der Waals surface area contributed by atoms with E-state index in [9.17, 15) is 13.2 Å². The first-order chi connectivity index (χ1) is 9.00. The molecule has 5 heteroatoms. The van der Waals surface area contributed by atoms with Gasteiger partial charge >= 0.3 is 0 Å². The number of Topliss-reactive ketones (excluding diaryl/α,β-unsaturated/α-hetero) is 1. The summed E-state index contributed by atoms with van der Waals surface area (Å²) in [5.41, 5.74) is -0.0150. The second kappa shape index (κ2) is 5.24. The molecule has 0 saturated carbocycles. The Kier molecular flexibility index (Phi) is 3.66. The Balaban J connectivity index is 2.18. The zero-order valence-corrected chi connectivity index (χ0v) is 10.9. The van der Waals surface area contributed by atoms with E-state index in [4.69, 9.17) is 4.42 Å². The molecular weight excluding hydrogens is 264 g/mol. The van der Waals surface area contributed by atoms with Gasteiger partial charge in [0, 0.05) is 5.57 Å². The summed E-state index contributed by atoms with van der Waals surface area (Å²) in [6.07, 6.45) is 1.35. The van der Waals surface area contributed by atoms with Gasteiger partial charge in [-0.25, -0.2) is 8.42 Å². The summed E-state index contributed by atoms with van der Waals surface area (Å²) in [6, 6.07) is 11.0. The monoisotopic (exact) mass is 276 g/mol. The molecule has 0 unspecified atom stereocenters. The Morgan fingerprint density at radius 1 is 1.11 bits per heavy atom. The molecule has 0 amide bonds. The van der Waals surface area contributed by atoms with Crippen LogP contribution in [0.2, 0.25) is 0 Å². The summed E-state index contributed by atoms with van der Waals surface area (Å²) in [7, 11) is -3.56. The van der Waals surface area contributed by atoms with Crippen LogP contribution in [0.5, 0.6) is 0 Å². The Morgan fingerprint density at radius 3 is 2.37 bits per heavy atom. The smallest absolute Gasteiger partial charge is 0.224 e. The van der Waals surface area contributed by atoms with Crippen LogP contribution in [-0.4, -0.2) is 20.0 Å². The summed E-state index contributed by atoms with van der Waals surface area (Å²) < 4.78 is 29.1. The average Bonchev–Trinajstić information content (AvgIpc) is 2.92. The van der Waals surface area contributed by atoms with Crippen LogP contribution >= 0.6 is 0 Å². The predicted molar refractivity (Wildman–Crippen MR) is 70.7 cm³/mol. The first kappa shape index (κ1) is 13.3. The van der Waals surface area contributed by atoms with Crippen molar-refractivity contribution in [1.29, 1.82) is 0 Å². The minimum atomic E-state index is -3.56. The summed E-state index contributed by atoms with van der Waals surface area (Å²) in [4.78, 5) is 12.0. The quantitative estimate of drug-likeness (QED) is 0.621. The molecule has 0 aliphatic carbocycles. The Bertz CT molecular complexity index is 682. The maximum absolute atomic E-state index is 12.1. The first-order valence-corrected chi connectivity index (χ1v) is 7.20. The lowest BCUT2D eigenvalue weighted by Crippen LogP contribution is -2.14. The molecule has 0 aliphatic heterocycles. The van der Waals surface area contributed by atoms with Crippen molar-refractivity contribution in [2.75, 3.05) is 5.75 Å². The molecule has 0 fully saturated rings. The number of rotatable bonds is 5. The highest BCUT2D eigenvalue weighted by atomic mass is 32.2. The number of carbonyl (C=O) groups is 1. The van der Waals surface area contributed by atoms with Crippen molar-refractivity contribution in [2.45, 2.75) is 4.90 Å². The Labute approximate surface area is 111 Å². The molecule has 2 rings (SSSR count). The maximum atomic E-state index is 12.1. The molecule has 0 bridgehead atoms. The van der Waals surface area contributed by atoms with E-state index in [1.54, 1.807) is 24.3 Å². The fraction of sp³-hybridized carbons (Fsp3) is 0.0714. The van der Waals surface area contributed by atoms with E-state index >= 15 is 0 Å². The highest BCUT2D eigenvalue weighted by Crippen LogP contribution is 2.15. The van der Waals surface area contributed by atoms with Crippen LogP contribution in [0.4, 0.5) is 0 Å². The van der Waals surface area contributed by atoms with Gasteiger partial charge in [-0.15, -0.1) is 0 Å². The van der Waals surface area contributed by atoms with Gasteiger partial charge in [-0.1, -0.05) is 24.8 Å². The van der Waals surface area contributed by atoms with Crippen molar-refractivity contribution in [3.05, 3.63) is 66.6 Å². The summed E-state index contributed by atoms with van der Waals surface area (Å²) in [6.45, 7) is 3.53. The van der Waals surface area contributed by atoms with E-state index < -0.39 is 21.4 Å². The van der Waals surface area contributed by atoms with E-state index in [1.165, 1.54) is 24.5 Å². The predicted octanol–water partition coefficient (Wildman–Crippen LogP) is 2.49. The zero-order valence-electron chi connectivity index (χ0n) is 10.1. The molecule has 0 aliphatic rings. The van der Waals surface area contributed by atoms with Crippen molar-refractivity contribution in [3.63, 3.8) is 0 Å². The van der Waals surface area contributed by atoms with Crippen LogP contribution in [0.25, 0.3) is 0 Å². The fourth-order valence-electron chi connectivity index (χ4n) is 1.59. The number of ketones is 1. The third-order valence-electron chi connectivity index (χ3n) is 2.53. The highest BCUT2D eigenvalue weighted by Gasteiger charge is 2.21. The van der Waals surface area contributed by atoms with E-state index in [-0.39, 0.29) is 16.2 Å². The number of hydrogen-bond acceptors (Lipinski definition) is 4. The molecule has 19 heavy (non-hydrogen) atoms. The lowest BCUT2D eigenvalue weighted by molar-refractivity contribution is 0.101. The van der Waals surface area contributed by atoms with E-state index in [2.05, 4.69) is 6.58 Å². The van der Waals surface area contributed by atoms with Gasteiger partial charge in [-0.2, -0.15) is 0 Å². The maximum Gasteiger partial charge on any atom is 0.224 e. The van der Waals surface area contributed by atoms with Gasteiger partial charge in [0.2, 0.25) is 5.78 Å². The largest absolute Gasteiger partial charge is 0.461 e. The van der Waals surface area contributed by atoms with Crippen LogP contribution in [0, 0.1) is 0 Å². The number of sulfone groups is 1. The molecule has 4 nitrogen and oxygen atoms in total. The normalized spacial score (nSPS) is 11.2. The molecule has 0 N–H and O–H groups in total. The Morgan fingerprint density at radius 2 is 1.79 bits per heavy atom. The standard InChI is InChI=1S/C14H12O4S/c1-11(14(15)13-8-5-9-18-13)10-19(16,17)12-6-3-2-4-7-12/h2-9H,1,10H2. The molecule has 0 atom stereocenters. The van der Waals surface area contributed by atoms with Crippen LogP contribution in [0.1, 0.15) is 10.6 Å². The van der Waals surface area contributed by atoms with Gasteiger partial charge < -0.3 is 4.42 Å². The zero-order chi connectivity index (χ0) is 13.9. The summed E-state index contributed by atoms with van der Waals surface area (Å²) in [5.74, 6) is -0.825. The number of hydrogen-bond donors (Lipinski definition) is 0. The molecule has 1 aromatic carbocycles. The molecule has 2 aromatic rings. The van der Waals surface area contributed by atoms with Gasteiger partial charge in [0.1, 0.15) is 0 Å². The van der Waals surface area contributed by atoms with E-state index in [0.29, 0.717) is 0 Å². The molecular formula is C14H12O4S. The number of benzene rings is 1. The fourth-order valence-corrected chi connectivity index (χ4v) is 2.92. The lowest BCUT2D eigenvalue weighted by Gasteiger charge is -2.05. The van der Waals surface area contributed by atoms with Crippen molar-refractivity contribution in [3.8, 4) is 0 Å². The molecule has 1 heterocycles. The third-order valence-corrected chi connectivity index (χ3v) is 4.25. The van der Waals surface area contributed by atoms with Crippen LogP contribution in [0.3, 0.4) is 0 Å². The van der Waals surface area contributed by atoms with Crippen molar-refractivity contribution >= 4 is 15.6 Å². The lowest BCUT2D eigenvalue weighted by atomic mass is 10.2. The second-order valence-corrected chi connectivity index (χ2v) is 5.97. The number of carbonyl (C=O) groups excluding carboxylic acids is 1. The molecule has 98 valence electrons. The third kappa shape index (κ3) is 3.00. The van der Waals surface area contributed by atoms with Gasteiger partial charge in [0.25, 0.3) is 0 Å². The van der Waals surface area contributed by atoms with Gasteiger partial charge in [0.05, 0.1) is 16.9 Å². The molecule has 0 radical (unpaired) electrons. The van der Waals surface area contributed by atoms with Crippen molar-refractivity contribution < 1.29 is 17.6 Å². The summed E-state index contributed by atoms with van der Waals surface area (Å²) >= 11 is 0. The minimum Gasteiger partial charge on any atom is -0.461 e. The Hall–Kier alpha value is -2.14. The summed E-state index contributed by atoms with van der Waals surface area (Å²) in [5, 5.41) is 0. The van der Waals surface area contributed by atoms with Crippen LogP contribution < -0.4 is 0 Å². The second-order valence-electron chi connectivity index (χ2n) is 3.98. The highest BCUT2D eigenvalue weighted by molar-refractivity contribution is 7.91. The molecule has 1 aromatic heterocycles. The van der Waals surface area contributed by atoms with Gasteiger partial charge in [-0.05, 0) is 24.3 Å². The van der Waals surface area contributed by atoms with Gasteiger partial charge in [0.15, 0.2) is 15.6 Å². The SMILES string of the molecule is C=C(CS(=O)(=O)c1ccccc1)C(=O)c1ccco1. The molecule has 0 saturated heterocycles. The van der Waals surface area contributed by atoms with Gasteiger partial charge in [-0.3, -0.25) is 4.79 Å². The van der Waals surface area contributed by atoms with Crippen LogP contribution in [0.15, 0.2) is 70.2 Å². The van der Waals surface area contributed by atoms with Crippen LogP contribution in [-0.2, 0) is 9.84 Å². The van der Waals surface area contributed by atoms with E-state index in [0.717, 1.165) is 0 Å². The number of furan rings is 1. The molecule has 0 spiro atoms. The first-order valence-electron chi connectivity index (χ1n) is 5.54. The topological polar surface area (TPSA) is 64.3 Å². The minimum absolute atomic E-state index is 0.0150. The van der Waals surface area contributed by atoms with E-state index in [1.807, 2.05) is 0 Å². The van der Waals surface area contributed by atoms with Crippen molar-refractivity contribution in [2.24, 2.45) is 0 Å².